The Morgan fingerprint density at radius 2 is 2.33 bits per heavy atom. The molecule has 1 saturated carbocycles. The molecule has 0 saturated heterocycles. The molecule has 1 aliphatic carbocycles. The van der Waals surface area contributed by atoms with E-state index in [1.807, 2.05) is 0 Å². The predicted molar refractivity (Wildman–Crippen MR) is 66.5 cm³/mol. The molecule has 1 aromatic rings. The molecule has 1 fully saturated rings. The Morgan fingerprint density at radius 1 is 1.56 bits per heavy atom. The van der Waals surface area contributed by atoms with E-state index >= 15 is 0 Å². The van der Waals surface area contributed by atoms with Crippen molar-refractivity contribution in [2.75, 3.05) is 11.9 Å². The van der Waals surface area contributed by atoms with Gasteiger partial charge in [-0.3, -0.25) is 9.78 Å². The van der Waals surface area contributed by atoms with E-state index in [9.17, 15) is 14.7 Å². The molecule has 0 radical (unpaired) electrons. The van der Waals surface area contributed by atoms with Crippen LogP contribution in [0.25, 0.3) is 0 Å². The van der Waals surface area contributed by atoms with Gasteiger partial charge >= 0.3 is 5.69 Å². The maximum Gasteiger partial charge on any atom is 0.342 e. The smallest absolute Gasteiger partial charge is 0.342 e. The van der Waals surface area contributed by atoms with Crippen molar-refractivity contribution >= 4 is 5.82 Å². The van der Waals surface area contributed by atoms with Crippen molar-refractivity contribution < 1.29 is 5.11 Å². The second kappa shape index (κ2) is 4.93. The van der Waals surface area contributed by atoms with Gasteiger partial charge in [-0.15, -0.1) is 5.10 Å². The number of nitrogens with one attached hydrogen (secondary N) is 3. The first-order chi connectivity index (χ1) is 8.54. The van der Waals surface area contributed by atoms with E-state index in [4.69, 9.17) is 0 Å². The molecule has 1 aromatic heterocycles. The highest BCUT2D eigenvalue weighted by molar-refractivity contribution is 5.34. The van der Waals surface area contributed by atoms with Gasteiger partial charge in [-0.1, -0.05) is 19.8 Å². The van der Waals surface area contributed by atoms with Crippen LogP contribution in [0.2, 0.25) is 0 Å². The highest BCUT2D eigenvalue weighted by atomic mass is 16.3. The first kappa shape index (κ1) is 12.8. The van der Waals surface area contributed by atoms with E-state index in [0.717, 1.165) is 25.7 Å². The molecule has 4 N–H and O–H groups in total. The van der Waals surface area contributed by atoms with Gasteiger partial charge in [-0.25, -0.2) is 9.89 Å². The first-order valence-corrected chi connectivity index (χ1v) is 6.13. The lowest BCUT2D eigenvalue weighted by Gasteiger charge is -2.39. The molecule has 0 bridgehead atoms. The summed E-state index contributed by atoms with van der Waals surface area (Å²) in [7, 11) is 0. The highest BCUT2D eigenvalue weighted by Gasteiger charge is 2.35. The number of aliphatic hydroxyl groups excluding tert-OH is 1. The third kappa shape index (κ3) is 2.61. The Morgan fingerprint density at radius 3 is 2.94 bits per heavy atom. The molecule has 2 atom stereocenters. The molecule has 18 heavy (non-hydrogen) atoms. The van der Waals surface area contributed by atoms with Gasteiger partial charge in [0.25, 0.3) is 5.56 Å². The standard InChI is InChI=1S/C11H18N4O3/c1-7-3-2-4-11(5-7,6-16)13-8-9(17)12-10(18)15-14-8/h7,16H,2-6H2,1H3,(H,13,14)(H2,12,15,17,18). The van der Waals surface area contributed by atoms with Crippen LogP contribution >= 0.6 is 0 Å². The minimum atomic E-state index is -0.638. The van der Waals surface area contributed by atoms with Crippen molar-refractivity contribution in [1.82, 2.24) is 15.2 Å². The molecule has 0 amide bonds. The summed E-state index contributed by atoms with van der Waals surface area (Å²) in [5.41, 5.74) is -1.72. The van der Waals surface area contributed by atoms with Crippen molar-refractivity contribution in [3.63, 3.8) is 0 Å². The van der Waals surface area contributed by atoms with Crippen molar-refractivity contribution in [2.24, 2.45) is 5.92 Å². The number of hydrogen-bond donors (Lipinski definition) is 4. The average Bonchev–Trinajstić information content (AvgIpc) is 2.33. The Kier molecular flexibility index (Phi) is 3.51. The number of anilines is 1. The van der Waals surface area contributed by atoms with Crippen molar-refractivity contribution in [1.29, 1.82) is 0 Å². The molecule has 0 spiro atoms. The molecular formula is C11H18N4O3. The van der Waals surface area contributed by atoms with Gasteiger partial charge in [0.1, 0.15) is 0 Å². The topological polar surface area (TPSA) is 111 Å². The maximum absolute atomic E-state index is 11.6. The first-order valence-electron chi connectivity index (χ1n) is 6.13. The van der Waals surface area contributed by atoms with Gasteiger partial charge in [0.15, 0.2) is 0 Å². The van der Waals surface area contributed by atoms with E-state index in [2.05, 4.69) is 27.4 Å². The van der Waals surface area contributed by atoms with E-state index in [1.165, 1.54) is 0 Å². The van der Waals surface area contributed by atoms with Gasteiger partial charge in [0.2, 0.25) is 5.82 Å². The number of aliphatic hydroxyl groups is 1. The maximum atomic E-state index is 11.6. The highest BCUT2D eigenvalue weighted by Crippen LogP contribution is 2.33. The van der Waals surface area contributed by atoms with Crippen LogP contribution in [-0.4, -0.2) is 32.4 Å². The van der Waals surface area contributed by atoms with Gasteiger partial charge in [-0.05, 0) is 18.8 Å². The van der Waals surface area contributed by atoms with E-state index in [0.29, 0.717) is 5.92 Å². The summed E-state index contributed by atoms with van der Waals surface area (Å²) in [6, 6.07) is 0. The van der Waals surface area contributed by atoms with Crippen LogP contribution in [0.5, 0.6) is 0 Å². The molecule has 0 aromatic carbocycles. The monoisotopic (exact) mass is 254 g/mol. The van der Waals surface area contributed by atoms with Gasteiger partial charge in [-0.2, -0.15) is 0 Å². The molecule has 2 rings (SSSR count). The Bertz CT molecular complexity index is 524. The fourth-order valence-corrected chi connectivity index (χ4v) is 2.64. The molecule has 1 heterocycles. The van der Waals surface area contributed by atoms with Gasteiger partial charge in [0, 0.05) is 0 Å². The van der Waals surface area contributed by atoms with Crippen LogP contribution < -0.4 is 16.6 Å². The largest absolute Gasteiger partial charge is 0.394 e. The van der Waals surface area contributed by atoms with Crippen LogP contribution in [0, 0.1) is 5.92 Å². The van der Waals surface area contributed by atoms with E-state index in [-0.39, 0.29) is 12.4 Å². The van der Waals surface area contributed by atoms with Crippen molar-refractivity contribution in [2.45, 2.75) is 38.1 Å². The SMILES string of the molecule is CC1CCCC(CO)(Nc2n[nH]c(=O)[nH]c2=O)C1. The number of nitrogens with zero attached hydrogens (tertiary/aromatic N) is 1. The quantitative estimate of drug-likeness (QED) is 0.597. The van der Waals surface area contributed by atoms with Crippen molar-refractivity contribution in [3.05, 3.63) is 20.8 Å². The van der Waals surface area contributed by atoms with Crippen LogP contribution in [0.15, 0.2) is 9.59 Å². The van der Waals surface area contributed by atoms with Crippen LogP contribution in [0.1, 0.15) is 32.6 Å². The summed E-state index contributed by atoms with van der Waals surface area (Å²) >= 11 is 0. The third-order valence-electron chi connectivity index (χ3n) is 3.49. The Hall–Kier alpha value is -1.63. The summed E-state index contributed by atoms with van der Waals surface area (Å²) in [5, 5.41) is 18.5. The lowest BCUT2D eigenvalue weighted by molar-refractivity contribution is 0.149. The number of aromatic amines is 2. The fourth-order valence-electron chi connectivity index (χ4n) is 2.64. The second-order valence-corrected chi connectivity index (χ2v) is 5.12. The Balaban J connectivity index is 2.24. The summed E-state index contributed by atoms with van der Waals surface area (Å²) in [6.07, 6.45) is 3.69. The number of aromatic nitrogens is 3. The number of hydrogen-bond acceptors (Lipinski definition) is 5. The zero-order chi connectivity index (χ0) is 13.2. The molecule has 100 valence electrons. The van der Waals surface area contributed by atoms with Gasteiger partial charge < -0.3 is 10.4 Å². The minimum absolute atomic E-state index is 0.0535. The summed E-state index contributed by atoms with van der Waals surface area (Å²) < 4.78 is 0. The molecule has 0 aliphatic heterocycles. The number of rotatable bonds is 3. The van der Waals surface area contributed by atoms with Crippen LogP contribution in [0.4, 0.5) is 5.82 Å². The number of H-pyrrole nitrogens is 2. The van der Waals surface area contributed by atoms with Gasteiger partial charge in [0.05, 0.1) is 12.1 Å². The zero-order valence-corrected chi connectivity index (χ0v) is 10.3. The summed E-state index contributed by atoms with van der Waals surface area (Å²) in [6.45, 7) is 2.06. The van der Waals surface area contributed by atoms with E-state index in [1.54, 1.807) is 0 Å². The zero-order valence-electron chi connectivity index (χ0n) is 10.3. The second-order valence-electron chi connectivity index (χ2n) is 5.12. The van der Waals surface area contributed by atoms with E-state index < -0.39 is 16.8 Å². The van der Waals surface area contributed by atoms with Crippen LogP contribution in [-0.2, 0) is 0 Å². The minimum Gasteiger partial charge on any atom is -0.394 e. The average molecular weight is 254 g/mol. The molecule has 7 nitrogen and oxygen atoms in total. The summed E-state index contributed by atoms with van der Waals surface area (Å²) in [5.74, 6) is 0.540. The normalized spacial score (nSPS) is 28.0. The molecule has 7 heteroatoms. The predicted octanol–water partition coefficient (Wildman–Crippen LogP) is -0.189. The molecular weight excluding hydrogens is 236 g/mol. The lowest BCUT2D eigenvalue weighted by Crippen LogP contribution is -2.47. The lowest BCUT2D eigenvalue weighted by atomic mass is 9.77. The molecule has 1 aliphatic rings. The van der Waals surface area contributed by atoms with Crippen LogP contribution in [0.3, 0.4) is 0 Å². The third-order valence-corrected chi connectivity index (χ3v) is 3.49. The van der Waals surface area contributed by atoms with Crippen molar-refractivity contribution in [3.8, 4) is 0 Å². The molecule has 2 unspecified atom stereocenters. The summed E-state index contributed by atoms with van der Waals surface area (Å²) in [4.78, 5) is 24.6. The fraction of sp³-hybridized carbons (Fsp3) is 0.727. The Labute approximate surface area is 104 Å².